The van der Waals surface area contributed by atoms with E-state index in [1.165, 1.54) is 13.8 Å². The third-order valence-electron chi connectivity index (χ3n) is 7.19. The minimum atomic E-state index is -4.80. The normalized spacial score (nSPS) is 32.6. The third-order valence-corrected chi connectivity index (χ3v) is 7.19. The van der Waals surface area contributed by atoms with E-state index in [4.69, 9.17) is 4.74 Å². The summed E-state index contributed by atoms with van der Waals surface area (Å²) in [6, 6.07) is 9.46. The molecule has 1 saturated heterocycles. The molecule has 2 aliphatic rings. The summed E-state index contributed by atoms with van der Waals surface area (Å²) in [6.07, 6.45) is -3.84. The number of alkyl halides is 3. The van der Waals surface area contributed by atoms with Gasteiger partial charge in [0.25, 0.3) is 0 Å². The summed E-state index contributed by atoms with van der Waals surface area (Å²) in [6.45, 7) is 9.27. The molecule has 164 valence electrons. The number of hydrogen-bond donors (Lipinski definition) is 1. The van der Waals surface area contributed by atoms with Crippen LogP contribution in [-0.2, 0) is 11.3 Å². The van der Waals surface area contributed by atoms with Crippen molar-refractivity contribution < 1.29 is 23.0 Å². The Hall–Kier alpha value is -1.11. The zero-order chi connectivity index (χ0) is 21.6. The molecule has 0 bridgehead atoms. The van der Waals surface area contributed by atoms with Crippen molar-refractivity contribution in [3.63, 3.8) is 0 Å². The van der Waals surface area contributed by atoms with Gasteiger partial charge in [0.1, 0.15) is 6.23 Å². The first-order chi connectivity index (χ1) is 13.4. The molecule has 0 unspecified atom stereocenters. The lowest BCUT2D eigenvalue weighted by molar-refractivity contribution is -0.371. The summed E-state index contributed by atoms with van der Waals surface area (Å²) in [5.41, 5.74) is -2.59. The van der Waals surface area contributed by atoms with E-state index in [1.54, 1.807) is 4.90 Å². The molecular weight excluding hydrogens is 379 g/mol. The predicted octanol–water partition coefficient (Wildman–Crippen LogP) is 5.38. The number of rotatable bonds is 4. The molecule has 1 aromatic carbocycles. The van der Waals surface area contributed by atoms with Gasteiger partial charge in [-0.25, -0.2) is 0 Å². The maximum Gasteiger partial charge on any atom is 0.421 e. The fraction of sp³-hybridized carbons (Fsp3) is 0.739. The predicted molar refractivity (Wildman–Crippen MR) is 107 cm³/mol. The number of hydrogen-bond acceptors (Lipinski definition) is 3. The first-order valence-corrected chi connectivity index (χ1v) is 10.6. The van der Waals surface area contributed by atoms with Crippen molar-refractivity contribution in [2.24, 2.45) is 17.8 Å². The highest BCUT2D eigenvalue weighted by Crippen LogP contribution is 2.51. The lowest BCUT2D eigenvalue weighted by Gasteiger charge is -2.60. The number of nitrogens with zero attached hydrogens (tertiary/aromatic N) is 1. The maximum atomic E-state index is 14.2. The Labute approximate surface area is 172 Å². The van der Waals surface area contributed by atoms with Crippen molar-refractivity contribution in [1.29, 1.82) is 0 Å². The molecule has 1 N–H and O–H groups in total. The zero-order valence-electron chi connectivity index (χ0n) is 18.0. The van der Waals surface area contributed by atoms with Gasteiger partial charge in [0.2, 0.25) is 5.60 Å². The van der Waals surface area contributed by atoms with Gasteiger partial charge < -0.3 is 9.84 Å². The van der Waals surface area contributed by atoms with E-state index in [0.29, 0.717) is 12.5 Å². The summed E-state index contributed by atoms with van der Waals surface area (Å²) < 4.78 is 48.9. The summed E-state index contributed by atoms with van der Waals surface area (Å²) in [4.78, 5) is 1.76. The van der Waals surface area contributed by atoms with E-state index in [-0.39, 0.29) is 12.0 Å². The van der Waals surface area contributed by atoms with Gasteiger partial charge in [-0.15, -0.1) is 0 Å². The van der Waals surface area contributed by atoms with Crippen LogP contribution in [0.25, 0.3) is 0 Å². The zero-order valence-corrected chi connectivity index (χ0v) is 18.0. The summed E-state index contributed by atoms with van der Waals surface area (Å²) in [5, 5.41) is 11.1. The van der Waals surface area contributed by atoms with Crippen LogP contribution in [0.15, 0.2) is 30.3 Å². The molecule has 5 atom stereocenters. The minimum absolute atomic E-state index is 0.128. The number of ether oxygens (including phenoxy) is 1. The molecule has 1 aromatic rings. The van der Waals surface area contributed by atoms with Crippen LogP contribution in [0.4, 0.5) is 13.2 Å². The lowest BCUT2D eigenvalue weighted by Crippen LogP contribution is -2.73. The van der Waals surface area contributed by atoms with E-state index >= 15 is 0 Å². The molecule has 1 saturated carbocycles. The van der Waals surface area contributed by atoms with Crippen molar-refractivity contribution in [2.45, 2.75) is 90.1 Å². The van der Waals surface area contributed by atoms with Crippen LogP contribution in [0, 0.1) is 17.8 Å². The smallest absolute Gasteiger partial charge is 0.377 e. The molecule has 0 spiro atoms. The Morgan fingerprint density at radius 1 is 1.17 bits per heavy atom. The standard InChI is InChI=1S/C23H34F3NO2/c1-15(2)22(28,23(24,25)26)20-27(14-17-9-7-6-8-10-17)21(4,5)18-12-11-16(3)13-19(18)29-20/h6-10,15-16,18-20,28H,11-14H2,1-5H3/t16-,18-,19-,20+,22+/m1/s1. The highest BCUT2D eigenvalue weighted by Gasteiger charge is 2.66. The molecule has 0 aromatic heterocycles. The summed E-state index contributed by atoms with van der Waals surface area (Å²) in [7, 11) is 0. The van der Waals surface area contributed by atoms with Gasteiger partial charge in [-0.2, -0.15) is 13.2 Å². The Balaban J connectivity index is 2.08. The largest absolute Gasteiger partial charge is 0.421 e. The van der Waals surface area contributed by atoms with E-state index in [2.05, 4.69) is 6.92 Å². The molecular formula is C23H34F3NO2. The molecule has 2 fully saturated rings. The molecule has 29 heavy (non-hydrogen) atoms. The number of benzene rings is 1. The van der Waals surface area contributed by atoms with Crippen molar-refractivity contribution in [2.75, 3.05) is 0 Å². The van der Waals surface area contributed by atoms with Gasteiger partial charge in [-0.1, -0.05) is 57.5 Å². The average molecular weight is 414 g/mol. The lowest BCUT2D eigenvalue weighted by atomic mass is 9.68. The molecule has 3 nitrogen and oxygen atoms in total. The van der Waals surface area contributed by atoms with Crippen LogP contribution < -0.4 is 0 Å². The fourth-order valence-electron chi connectivity index (χ4n) is 5.20. The third kappa shape index (κ3) is 3.96. The van der Waals surface area contributed by atoms with Crippen molar-refractivity contribution >= 4 is 0 Å². The number of halogens is 3. The van der Waals surface area contributed by atoms with E-state index < -0.39 is 29.5 Å². The minimum Gasteiger partial charge on any atom is -0.377 e. The SMILES string of the molecule is CC(C)[C@](O)([C@@H]1O[C@@H]2C[C@H](C)CC[C@H]2C(C)(C)N1Cc1ccccc1)C(F)(F)F. The monoisotopic (exact) mass is 413 g/mol. The van der Waals surface area contributed by atoms with Crippen LogP contribution in [-0.4, -0.2) is 39.7 Å². The van der Waals surface area contributed by atoms with E-state index in [1.807, 2.05) is 44.2 Å². The molecule has 0 amide bonds. The van der Waals surface area contributed by atoms with Crippen LogP contribution in [0.1, 0.15) is 59.4 Å². The van der Waals surface area contributed by atoms with Gasteiger partial charge in [-0.05, 0) is 44.1 Å². The fourth-order valence-corrected chi connectivity index (χ4v) is 5.20. The highest BCUT2D eigenvalue weighted by molar-refractivity contribution is 5.17. The Bertz CT molecular complexity index is 691. The second-order valence-electron chi connectivity index (χ2n) is 9.80. The van der Waals surface area contributed by atoms with Crippen LogP contribution >= 0.6 is 0 Å². The maximum absolute atomic E-state index is 14.2. The van der Waals surface area contributed by atoms with Gasteiger partial charge in [-0.3, -0.25) is 4.90 Å². The van der Waals surface area contributed by atoms with E-state index in [9.17, 15) is 18.3 Å². The Kier molecular flexibility index (Phi) is 6.12. The molecule has 3 rings (SSSR count). The van der Waals surface area contributed by atoms with Crippen molar-refractivity contribution in [1.82, 2.24) is 4.90 Å². The van der Waals surface area contributed by atoms with Crippen molar-refractivity contribution in [3.8, 4) is 0 Å². The van der Waals surface area contributed by atoms with Crippen LogP contribution in [0.3, 0.4) is 0 Å². The van der Waals surface area contributed by atoms with Gasteiger partial charge in [0, 0.05) is 18.0 Å². The van der Waals surface area contributed by atoms with Gasteiger partial charge in [0.05, 0.1) is 6.10 Å². The number of fused-ring (bicyclic) bond motifs is 1. The molecule has 1 aliphatic heterocycles. The Morgan fingerprint density at radius 2 is 1.79 bits per heavy atom. The summed E-state index contributed by atoms with van der Waals surface area (Å²) >= 11 is 0. The first kappa shape index (κ1) is 22.6. The Morgan fingerprint density at radius 3 is 2.34 bits per heavy atom. The molecule has 0 radical (unpaired) electrons. The van der Waals surface area contributed by atoms with Gasteiger partial charge >= 0.3 is 6.18 Å². The van der Waals surface area contributed by atoms with E-state index in [0.717, 1.165) is 24.8 Å². The molecule has 1 aliphatic carbocycles. The van der Waals surface area contributed by atoms with Gasteiger partial charge in [0.15, 0.2) is 0 Å². The summed E-state index contributed by atoms with van der Waals surface area (Å²) in [5.74, 6) is -0.506. The topological polar surface area (TPSA) is 32.7 Å². The second kappa shape index (κ2) is 7.86. The first-order valence-electron chi connectivity index (χ1n) is 10.6. The highest BCUT2D eigenvalue weighted by atomic mass is 19.4. The molecule has 6 heteroatoms. The van der Waals surface area contributed by atoms with Crippen molar-refractivity contribution in [3.05, 3.63) is 35.9 Å². The van der Waals surface area contributed by atoms with Crippen LogP contribution in [0.2, 0.25) is 0 Å². The molecule has 1 heterocycles. The van der Waals surface area contributed by atoms with Crippen LogP contribution in [0.5, 0.6) is 0 Å². The average Bonchev–Trinajstić information content (AvgIpc) is 2.62. The quantitative estimate of drug-likeness (QED) is 0.720. The number of aliphatic hydroxyl groups is 1. The second-order valence-corrected chi connectivity index (χ2v) is 9.80.